The Kier molecular flexibility index (Phi) is 4.42. The molecule has 0 aliphatic carbocycles. The summed E-state index contributed by atoms with van der Waals surface area (Å²) in [6.45, 7) is 0. The Labute approximate surface area is 96.5 Å². The van der Waals surface area contributed by atoms with Crippen LogP contribution in [0.25, 0.3) is 0 Å². The predicted molar refractivity (Wildman–Crippen MR) is 60.2 cm³/mol. The van der Waals surface area contributed by atoms with Crippen LogP contribution in [0.15, 0.2) is 24.3 Å². The average Bonchev–Trinajstić information content (AvgIpc) is 2.25. The first-order valence-electron chi connectivity index (χ1n) is 4.33. The fourth-order valence-corrected chi connectivity index (χ4v) is 1.68. The zero-order valence-corrected chi connectivity index (χ0v) is 9.86. The average molecular weight is 274 g/mol. The van der Waals surface area contributed by atoms with Crippen molar-refractivity contribution in [2.24, 2.45) is 5.73 Å². The molecule has 0 bridgehead atoms. The second kappa shape index (κ2) is 5.60. The topological polar surface area (TPSA) is 61.6 Å². The van der Waals surface area contributed by atoms with Crippen LogP contribution in [0.2, 0.25) is 0 Å². The molecule has 0 saturated heterocycles. The molecule has 4 nitrogen and oxygen atoms in total. The van der Waals surface area contributed by atoms with Crippen LogP contribution < -0.4 is 10.5 Å². The smallest absolute Gasteiger partial charge is 0.405 e. The van der Waals surface area contributed by atoms with Crippen molar-refractivity contribution in [3.05, 3.63) is 29.8 Å². The number of hydrogen-bond donors (Lipinski definition) is 1. The van der Waals surface area contributed by atoms with Gasteiger partial charge >= 0.3 is 6.09 Å². The van der Waals surface area contributed by atoms with E-state index in [1.807, 2.05) is 18.2 Å². The van der Waals surface area contributed by atoms with Gasteiger partial charge in [-0.3, -0.25) is 0 Å². The molecule has 15 heavy (non-hydrogen) atoms. The van der Waals surface area contributed by atoms with Crippen LogP contribution in [0.3, 0.4) is 0 Å². The van der Waals surface area contributed by atoms with Gasteiger partial charge in [0, 0.05) is 5.33 Å². The molecule has 5 heteroatoms. The summed E-state index contributed by atoms with van der Waals surface area (Å²) < 4.78 is 9.99. The summed E-state index contributed by atoms with van der Waals surface area (Å²) in [6, 6.07) is 7.29. The summed E-state index contributed by atoms with van der Waals surface area (Å²) in [4.78, 5) is 10.6. The molecule has 1 amide bonds. The van der Waals surface area contributed by atoms with Crippen molar-refractivity contribution < 1.29 is 14.3 Å². The lowest BCUT2D eigenvalue weighted by atomic mass is 10.1. The Balaban J connectivity index is 2.85. The number of nitrogens with two attached hydrogens (primary N) is 1. The maximum absolute atomic E-state index is 10.6. The number of methoxy groups -OCH3 is 1. The van der Waals surface area contributed by atoms with E-state index in [4.69, 9.17) is 15.2 Å². The Hall–Kier alpha value is -1.23. The number of alkyl halides is 1. The first-order chi connectivity index (χ1) is 7.17. The molecule has 0 aliphatic heterocycles. The molecule has 2 N–H and O–H groups in total. The highest BCUT2D eigenvalue weighted by Gasteiger charge is 2.13. The van der Waals surface area contributed by atoms with Crippen molar-refractivity contribution >= 4 is 22.0 Å². The number of rotatable bonds is 4. The number of benzene rings is 1. The van der Waals surface area contributed by atoms with E-state index in [9.17, 15) is 4.79 Å². The zero-order chi connectivity index (χ0) is 11.3. The maximum atomic E-state index is 10.6. The van der Waals surface area contributed by atoms with Crippen LogP contribution >= 0.6 is 15.9 Å². The van der Waals surface area contributed by atoms with E-state index < -0.39 is 12.2 Å². The molecule has 0 aliphatic rings. The van der Waals surface area contributed by atoms with E-state index >= 15 is 0 Å². The van der Waals surface area contributed by atoms with Gasteiger partial charge in [-0.15, -0.1) is 0 Å². The van der Waals surface area contributed by atoms with Gasteiger partial charge in [0.05, 0.1) is 7.11 Å². The van der Waals surface area contributed by atoms with Gasteiger partial charge in [-0.2, -0.15) is 0 Å². The SMILES string of the molecule is COc1cccc(C(CBr)OC(N)=O)c1. The molecule has 0 fully saturated rings. The van der Waals surface area contributed by atoms with Gasteiger partial charge in [0.25, 0.3) is 0 Å². The zero-order valence-electron chi connectivity index (χ0n) is 8.27. The van der Waals surface area contributed by atoms with Crippen molar-refractivity contribution in [2.45, 2.75) is 6.10 Å². The molecular weight excluding hydrogens is 262 g/mol. The number of carbonyl (C=O) groups is 1. The normalized spacial score (nSPS) is 11.9. The lowest BCUT2D eigenvalue weighted by Crippen LogP contribution is -2.18. The van der Waals surface area contributed by atoms with Gasteiger partial charge < -0.3 is 15.2 Å². The van der Waals surface area contributed by atoms with Gasteiger partial charge in [0.15, 0.2) is 0 Å². The quantitative estimate of drug-likeness (QED) is 0.856. The lowest BCUT2D eigenvalue weighted by Gasteiger charge is -2.14. The molecular formula is C10H12BrNO3. The lowest BCUT2D eigenvalue weighted by molar-refractivity contribution is 0.119. The molecule has 0 heterocycles. The molecule has 0 radical (unpaired) electrons. The first kappa shape index (κ1) is 11.8. The molecule has 82 valence electrons. The van der Waals surface area contributed by atoms with E-state index in [-0.39, 0.29) is 0 Å². The van der Waals surface area contributed by atoms with E-state index in [0.29, 0.717) is 11.1 Å². The molecule has 1 aromatic carbocycles. The number of primary amides is 1. The Morgan fingerprint density at radius 3 is 2.87 bits per heavy atom. The van der Waals surface area contributed by atoms with E-state index in [1.165, 1.54) is 0 Å². The van der Waals surface area contributed by atoms with Crippen molar-refractivity contribution in [3.8, 4) is 5.75 Å². The first-order valence-corrected chi connectivity index (χ1v) is 5.45. The monoisotopic (exact) mass is 273 g/mol. The summed E-state index contributed by atoms with van der Waals surface area (Å²) in [6.07, 6.45) is -1.18. The van der Waals surface area contributed by atoms with E-state index in [2.05, 4.69) is 15.9 Å². The number of ether oxygens (including phenoxy) is 2. The van der Waals surface area contributed by atoms with Crippen molar-refractivity contribution in [2.75, 3.05) is 12.4 Å². The molecule has 1 atom stereocenters. The summed E-state index contributed by atoms with van der Waals surface area (Å²) in [7, 11) is 1.58. The largest absolute Gasteiger partial charge is 0.497 e. The minimum atomic E-state index is -0.790. The predicted octanol–water partition coefficient (Wildman–Crippen LogP) is 2.23. The highest BCUT2D eigenvalue weighted by atomic mass is 79.9. The third kappa shape index (κ3) is 3.43. The third-order valence-corrected chi connectivity index (χ3v) is 2.45. The second-order valence-electron chi connectivity index (χ2n) is 2.86. The number of hydrogen-bond acceptors (Lipinski definition) is 3. The number of halogens is 1. The van der Waals surface area contributed by atoms with Gasteiger partial charge in [0.1, 0.15) is 11.9 Å². The van der Waals surface area contributed by atoms with Crippen LogP contribution in [-0.2, 0) is 4.74 Å². The summed E-state index contributed by atoms with van der Waals surface area (Å²) in [5, 5.41) is 0.489. The van der Waals surface area contributed by atoms with Gasteiger partial charge in [0.2, 0.25) is 0 Å². The molecule has 0 saturated carbocycles. The third-order valence-electron chi connectivity index (χ3n) is 1.86. The summed E-state index contributed by atoms with van der Waals surface area (Å²) >= 11 is 3.25. The second-order valence-corrected chi connectivity index (χ2v) is 3.50. The molecule has 0 aromatic heterocycles. The van der Waals surface area contributed by atoms with E-state index in [1.54, 1.807) is 13.2 Å². The fourth-order valence-electron chi connectivity index (χ4n) is 1.17. The Morgan fingerprint density at radius 1 is 1.60 bits per heavy atom. The van der Waals surface area contributed by atoms with E-state index in [0.717, 1.165) is 5.56 Å². The molecule has 1 unspecified atom stereocenters. The fraction of sp³-hybridized carbons (Fsp3) is 0.300. The van der Waals surface area contributed by atoms with Gasteiger partial charge in [-0.05, 0) is 17.7 Å². The van der Waals surface area contributed by atoms with Crippen molar-refractivity contribution in [1.29, 1.82) is 0 Å². The maximum Gasteiger partial charge on any atom is 0.405 e. The highest BCUT2D eigenvalue weighted by molar-refractivity contribution is 9.09. The number of carbonyl (C=O) groups excluding carboxylic acids is 1. The standard InChI is InChI=1S/C10H12BrNO3/c1-14-8-4-2-3-7(5-8)9(6-11)15-10(12)13/h2-5,9H,6H2,1H3,(H2,12,13). The van der Waals surface area contributed by atoms with Crippen LogP contribution in [0.4, 0.5) is 4.79 Å². The highest BCUT2D eigenvalue weighted by Crippen LogP contribution is 2.23. The van der Waals surface area contributed by atoms with Crippen LogP contribution in [0.1, 0.15) is 11.7 Å². The molecule has 0 spiro atoms. The molecule has 1 aromatic rings. The van der Waals surface area contributed by atoms with Gasteiger partial charge in [-0.25, -0.2) is 4.79 Å². The minimum absolute atomic E-state index is 0.391. The summed E-state index contributed by atoms with van der Waals surface area (Å²) in [5.74, 6) is 0.714. The molecule has 1 rings (SSSR count). The van der Waals surface area contributed by atoms with Crippen molar-refractivity contribution in [3.63, 3.8) is 0 Å². The minimum Gasteiger partial charge on any atom is -0.497 e. The van der Waals surface area contributed by atoms with Gasteiger partial charge in [-0.1, -0.05) is 28.1 Å². The number of amides is 1. The van der Waals surface area contributed by atoms with Crippen molar-refractivity contribution in [1.82, 2.24) is 0 Å². The van der Waals surface area contributed by atoms with Crippen LogP contribution in [0, 0.1) is 0 Å². The summed E-state index contributed by atoms with van der Waals surface area (Å²) in [5.41, 5.74) is 5.80. The Bertz CT molecular complexity index is 343. The Morgan fingerprint density at radius 2 is 2.33 bits per heavy atom. The van der Waals surface area contributed by atoms with Crippen LogP contribution in [-0.4, -0.2) is 18.5 Å². The van der Waals surface area contributed by atoms with Crippen LogP contribution in [0.5, 0.6) is 5.75 Å².